The van der Waals surface area contributed by atoms with Crippen LogP contribution in [-0.4, -0.2) is 41.9 Å². The van der Waals surface area contributed by atoms with Crippen LogP contribution in [0.2, 0.25) is 0 Å². The van der Waals surface area contributed by atoms with Crippen LogP contribution in [0.1, 0.15) is 35.4 Å². The maximum atomic E-state index is 13.1. The highest BCUT2D eigenvalue weighted by Gasteiger charge is 2.36. The third kappa shape index (κ3) is 3.75. The molecule has 1 atom stereocenters. The first-order chi connectivity index (χ1) is 14.2. The molecular weight excluding hydrogens is 424 g/mol. The fraction of sp³-hybridized carbons (Fsp3) is 0.450. The minimum Gasteiger partial charge on any atom is -0.360 e. The molecule has 0 aliphatic carbocycles. The largest absolute Gasteiger partial charge is 0.360 e. The molecular formula is C20H24N4O4S2. The van der Waals surface area contributed by atoms with Gasteiger partial charge in [-0.25, -0.2) is 13.4 Å². The van der Waals surface area contributed by atoms with Gasteiger partial charge in [-0.2, -0.15) is 4.31 Å². The maximum absolute atomic E-state index is 13.1. The number of hydrogen-bond acceptors (Lipinski definition) is 7. The van der Waals surface area contributed by atoms with Crippen LogP contribution in [0.4, 0.5) is 5.13 Å². The van der Waals surface area contributed by atoms with E-state index in [0.717, 1.165) is 21.3 Å². The van der Waals surface area contributed by atoms with E-state index in [2.05, 4.69) is 21.5 Å². The minimum atomic E-state index is -3.77. The Morgan fingerprint density at radius 1 is 1.27 bits per heavy atom. The highest BCUT2D eigenvalue weighted by atomic mass is 32.2. The summed E-state index contributed by atoms with van der Waals surface area (Å²) in [6, 6.07) is 4.11. The van der Waals surface area contributed by atoms with Gasteiger partial charge in [0.25, 0.3) is 0 Å². The van der Waals surface area contributed by atoms with Gasteiger partial charge in [-0.15, -0.1) is 0 Å². The van der Waals surface area contributed by atoms with Crippen LogP contribution in [0.3, 0.4) is 0 Å². The summed E-state index contributed by atoms with van der Waals surface area (Å²) in [7, 11) is -3.77. The van der Waals surface area contributed by atoms with Crippen LogP contribution >= 0.6 is 11.3 Å². The molecule has 4 rings (SSSR count). The Balaban J connectivity index is 1.52. The fourth-order valence-corrected chi connectivity index (χ4v) is 6.84. The topological polar surface area (TPSA) is 105 Å². The number of nitrogens with zero attached hydrogens (tertiary/aromatic N) is 3. The molecule has 1 fully saturated rings. The predicted octanol–water partition coefficient (Wildman–Crippen LogP) is 3.56. The third-order valence-electron chi connectivity index (χ3n) is 5.38. The van der Waals surface area contributed by atoms with Gasteiger partial charge in [-0.05, 0) is 57.7 Å². The van der Waals surface area contributed by atoms with E-state index in [4.69, 9.17) is 4.52 Å². The van der Waals surface area contributed by atoms with Gasteiger partial charge in [0.1, 0.15) is 10.6 Å². The Bertz CT molecular complexity index is 1210. The SMILES string of the molecule is Cc1cc(C)c2nc(NC(=O)C3CCCN(S(=O)(=O)c4c(C)noc4C)C3)sc2c1. The summed E-state index contributed by atoms with van der Waals surface area (Å²) < 4.78 is 33.6. The number of aryl methyl sites for hydroxylation is 4. The first-order valence-corrected chi connectivity index (χ1v) is 12.0. The van der Waals surface area contributed by atoms with Gasteiger partial charge in [-0.3, -0.25) is 4.79 Å². The smallest absolute Gasteiger partial charge is 0.248 e. The standard InChI is InChI=1S/C20H24N4O4S2/c1-11-8-12(2)17-16(9-11)29-20(21-17)22-19(25)15-6-5-7-24(10-15)30(26,27)18-13(3)23-28-14(18)4/h8-9,15H,5-7,10H2,1-4H3,(H,21,22,25). The summed E-state index contributed by atoms with van der Waals surface area (Å²) in [5, 5.41) is 7.18. The molecule has 1 unspecified atom stereocenters. The number of thiazole rings is 1. The minimum absolute atomic E-state index is 0.0978. The van der Waals surface area contributed by atoms with E-state index in [9.17, 15) is 13.2 Å². The fourth-order valence-electron chi connectivity index (χ4n) is 3.98. The van der Waals surface area contributed by atoms with Crippen molar-refractivity contribution in [2.45, 2.75) is 45.4 Å². The number of carbonyl (C=O) groups excluding carboxylic acids is 1. The molecule has 30 heavy (non-hydrogen) atoms. The lowest BCUT2D eigenvalue weighted by atomic mass is 9.99. The summed E-state index contributed by atoms with van der Waals surface area (Å²) in [6.07, 6.45) is 1.24. The molecule has 1 amide bonds. The van der Waals surface area contributed by atoms with Gasteiger partial charge in [0, 0.05) is 13.1 Å². The van der Waals surface area contributed by atoms with E-state index in [1.807, 2.05) is 19.9 Å². The second-order valence-electron chi connectivity index (χ2n) is 7.79. The number of piperidine rings is 1. The number of hydrogen-bond donors (Lipinski definition) is 1. The van der Waals surface area contributed by atoms with Crippen molar-refractivity contribution in [3.8, 4) is 0 Å². The molecule has 0 radical (unpaired) electrons. The van der Waals surface area contributed by atoms with Crippen molar-refractivity contribution in [3.63, 3.8) is 0 Å². The van der Waals surface area contributed by atoms with Crippen molar-refractivity contribution in [3.05, 3.63) is 34.7 Å². The van der Waals surface area contributed by atoms with Crippen molar-refractivity contribution >= 4 is 42.6 Å². The zero-order valence-corrected chi connectivity index (χ0v) is 19.0. The van der Waals surface area contributed by atoms with Crippen molar-refractivity contribution in [1.29, 1.82) is 0 Å². The quantitative estimate of drug-likeness (QED) is 0.654. The molecule has 3 aromatic rings. The Morgan fingerprint density at radius 2 is 2.03 bits per heavy atom. The zero-order chi connectivity index (χ0) is 21.6. The number of benzene rings is 1. The Morgan fingerprint density at radius 3 is 2.73 bits per heavy atom. The Hall–Kier alpha value is -2.30. The van der Waals surface area contributed by atoms with Crippen LogP contribution in [-0.2, 0) is 14.8 Å². The van der Waals surface area contributed by atoms with Crippen LogP contribution in [0.15, 0.2) is 21.6 Å². The lowest BCUT2D eigenvalue weighted by Crippen LogP contribution is -2.43. The summed E-state index contributed by atoms with van der Waals surface area (Å²) in [6.45, 7) is 7.71. The van der Waals surface area contributed by atoms with E-state index in [-0.39, 0.29) is 23.1 Å². The number of rotatable bonds is 4. The molecule has 1 aliphatic heterocycles. The second kappa shape index (κ2) is 7.75. The number of anilines is 1. The molecule has 1 aromatic carbocycles. The monoisotopic (exact) mass is 448 g/mol. The van der Waals surface area contributed by atoms with Gasteiger partial charge in [0.05, 0.1) is 16.1 Å². The molecule has 0 spiro atoms. The normalized spacial score (nSPS) is 18.1. The van der Waals surface area contributed by atoms with Gasteiger partial charge in [0.15, 0.2) is 10.9 Å². The van der Waals surface area contributed by atoms with Crippen molar-refractivity contribution < 1.29 is 17.7 Å². The van der Waals surface area contributed by atoms with E-state index < -0.39 is 15.9 Å². The Labute approximate surface area is 179 Å². The van der Waals surface area contributed by atoms with Gasteiger partial charge in [0.2, 0.25) is 15.9 Å². The molecule has 3 heterocycles. The molecule has 0 bridgehead atoms. The van der Waals surface area contributed by atoms with Crippen LogP contribution in [0, 0.1) is 33.6 Å². The van der Waals surface area contributed by atoms with Crippen molar-refractivity contribution in [2.24, 2.45) is 5.92 Å². The van der Waals surface area contributed by atoms with E-state index in [1.54, 1.807) is 13.8 Å². The number of nitrogens with one attached hydrogen (secondary N) is 1. The highest BCUT2D eigenvalue weighted by molar-refractivity contribution is 7.89. The number of carbonyl (C=O) groups is 1. The first-order valence-electron chi connectivity index (χ1n) is 9.78. The van der Waals surface area contributed by atoms with E-state index in [1.165, 1.54) is 15.6 Å². The van der Waals surface area contributed by atoms with Crippen LogP contribution in [0.25, 0.3) is 10.2 Å². The molecule has 160 valence electrons. The number of sulfonamides is 1. The van der Waals surface area contributed by atoms with Gasteiger partial charge in [-0.1, -0.05) is 22.6 Å². The highest BCUT2D eigenvalue weighted by Crippen LogP contribution is 2.31. The van der Waals surface area contributed by atoms with Crippen molar-refractivity contribution in [2.75, 3.05) is 18.4 Å². The first kappa shape index (κ1) is 21.0. The summed E-state index contributed by atoms with van der Waals surface area (Å²) >= 11 is 1.43. The average Bonchev–Trinajstić information content (AvgIpc) is 3.24. The molecule has 8 nitrogen and oxygen atoms in total. The summed E-state index contributed by atoms with van der Waals surface area (Å²) in [4.78, 5) is 17.5. The summed E-state index contributed by atoms with van der Waals surface area (Å²) in [5.41, 5.74) is 3.43. The molecule has 0 saturated carbocycles. The van der Waals surface area contributed by atoms with Gasteiger partial charge < -0.3 is 9.84 Å². The molecule has 1 N–H and O–H groups in total. The number of amides is 1. The summed E-state index contributed by atoms with van der Waals surface area (Å²) in [5.74, 6) is -0.384. The van der Waals surface area contributed by atoms with Gasteiger partial charge >= 0.3 is 0 Å². The molecule has 10 heteroatoms. The maximum Gasteiger partial charge on any atom is 0.248 e. The molecule has 1 saturated heterocycles. The number of aromatic nitrogens is 2. The zero-order valence-electron chi connectivity index (χ0n) is 17.4. The Kier molecular flexibility index (Phi) is 5.41. The van der Waals surface area contributed by atoms with Crippen LogP contribution in [0.5, 0.6) is 0 Å². The predicted molar refractivity (Wildman–Crippen MR) is 115 cm³/mol. The van der Waals surface area contributed by atoms with E-state index in [0.29, 0.717) is 30.2 Å². The number of fused-ring (bicyclic) bond motifs is 1. The lowest BCUT2D eigenvalue weighted by Gasteiger charge is -2.30. The second-order valence-corrected chi connectivity index (χ2v) is 10.7. The molecule has 2 aromatic heterocycles. The average molecular weight is 449 g/mol. The van der Waals surface area contributed by atoms with Crippen molar-refractivity contribution in [1.82, 2.24) is 14.4 Å². The third-order valence-corrected chi connectivity index (χ3v) is 8.41. The molecule has 1 aliphatic rings. The van der Waals surface area contributed by atoms with E-state index >= 15 is 0 Å². The lowest BCUT2D eigenvalue weighted by molar-refractivity contribution is -0.120. The van der Waals surface area contributed by atoms with Crippen LogP contribution < -0.4 is 5.32 Å².